The molecule has 3 saturated heterocycles. The van der Waals surface area contributed by atoms with Crippen LogP contribution in [0.1, 0.15) is 99.8 Å². The van der Waals surface area contributed by atoms with Gasteiger partial charge >= 0.3 is 11.9 Å². The molecule has 8 rings (SSSR count). The molecule has 0 saturated carbocycles. The first-order valence-corrected chi connectivity index (χ1v) is 30.5. The van der Waals surface area contributed by atoms with Gasteiger partial charge < -0.3 is 32.8 Å². The molecule has 13 heteroatoms. The van der Waals surface area contributed by atoms with Crippen molar-refractivity contribution < 1.29 is 50.9 Å². The topological polar surface area (TPSA) is 133 Å². The normalized spacial score (nSPS) is 24.5. The van der Waals surface area contributed by atoms with Gasteiger partial charge in [-0.2, -0.15) is 0 Å². The molecule has 0 aliphatic carbocycles. The van der Waals surface area contributed by atoms with Crippen molar-refractivity contribution in [3.63, 3.8) is 0 Å². The summed E-state index contributed by atoms with van der Waals surface area (Å²) in [5.74, 6) is -1.96. The summed E-state index contributed by atoms with van der Waals surface area (Å²) in [5.41, 5.74) is 2.70. The summed E-state index contributed by atoms with van der Waals surface area (Å²) in [7, 11) is -4.94. The van der Waals surface area contributed by atoms with Gasteiger partial charge in [-0.1, -0.05) is 156 Å². The Morgan fingerprint density at radius 3 is 1.83 bits per heavy atom. The number of carbonyl (C=O) groups is 2. The summed E-state index contributed by atoms with van der Waals surface area (Å²) in [6.45, 7) is 18.4. The number of ether oxygens (including phenoxy) is 6. The largest absolute Gasteiger partial charge is 0.458 e. The maximum atomic E-state index is 14.2. The highest BCUT2D eigenvalue weighted by molar-refractivity contribution is 7.91. The lowest BCUT2D eigenvalue weighted by atomic mass is 9.83. The third-order valence-electron chi connectivity index (χ3n) is 15.5. The molecule has 0 bridgehead atoms. The van der Waals surface area contributed by atoms with Crippen molar-refractivity contribution in [2.75, 3.05) is 26.1 Å². The zero-order chi connectivity index (χ0) is 53.9. The zero-order valence-corrected chi connectivity index (χ0v) is 46.6. The van der Waals surface area contributed by atoms with E-state index in [1.165, 1.54) is 17.5 Å². The number of rotatable bonds is 23. The first-order chi connectivity index (χ1) is 36.6. The molecule has 0 unspecified atom stereocenters. The Bertz CT molecular complexity index is 2750. The van der Waals surface area contributed by atoms with E-state index in [0.29, 0.717) is 24.2 Å². The van der Waals surface area contributed by atoms with Crippen molar-refractivity contribution in [1.82, 2.24) is 0 Å². The van der Waals surface area contributed by atoms with Crippen molar-refractivity contribution in [1.29, 1.82) is 0 Å². The smallest absolute Gasteiger partial charge is 0.338 e. The Kier molecular flexibility index (Phi) is 19.2. The fourth-order valence-electron chi connectivity index (χ4n) is 11.6. The van der Waals surface area contributed by atoms with E-state index in [0.717, 1.165) is 49.7 Å². The summed E-state index contributed by atoms with van der Waals surface area (Å²) in [5, 5.41) is 2.44. The van der Waals surface area contributed by atoms with Crippen molar-refractivity contribution in [2.45, 2.75) is 138 Å². The van der Waals surface area contributed by atoms with Crippen molar-refractivity contribution in [3.05, 3.63) is 187 Å². The standard InChI is InChI=1S/C63H76O11SSi/c1-44-38-50(35-36-56-45(2)39-49(71-56)28-23-37-70-76(63(4,5)6,53-31-19-11-20-32-53)54-33-21-12-22-34-54)72-57(46(44)3)41-58-55(43-75(66,67)52-29-17-10-18-30-52)60(68-7)59(74-58)40-51(73-62(65)48-26-15-9-16-27-48)42-69-61(64)47-24-13-8-14-25-47/h8-22,24-27,29-34,44,49-51,55-60H,2-3,23,28,35-43H2,1,4-7H3/t44-,49+,50+,51+,55+,56+,57-,58+,59-,60-/m1/s1. The fraction of sp³-hybridized carbons (Fsp3) is 0.429. The molecule has 3 heterocycles. The van der Waals surface area contributed by atoms with Gasteiger partial charge in [0.05, 0.1) is 64.5 Å². The van der Waals surface area contributed by atoms with Gasteiger partial charge in [0, 0.05) is 32.5 Å². The molecule has 5 aromatic rings. The van der Waals surface area contributed by atoms with Crippen molar-refractivity contribution >= 4 is 40.5 Å². The molecule has 3 fully saturated rings. The number of sulfone groups is 1. The molecule has 5 aromatic carbocycles. The molecule has 404 valence electrons. The first-order valence-electron chi connectivity index (χ1n) is 26.9. The Morgan fingerprint density at radius 1 is 0.697 bits per heavy atom. The quantitative estimate of drug-likeness (QED) is 0.0268. The highest BCUT2D eigenvalue weighted by Crippen LogP contribution is 2.42. The minimum Gasteiger partial charge on any atom is -0.458 e. The van der Waals surface area contributed by atoms with Crippen LogP contribution in [0.5, 0.6) is 0 Å². The summed E-state index contributed by atoms with van der Waals surface area (Å²) in [6.07, 6.45) is 1.53. The molecule has 3 aliphatic heterocycles. The van der Waals surface area contributed by atoms with Gasteiger partial charge in [-0.3, -0.25) is 0 Å². The molecule has 11 nitrogen and oxygen atoms in total. The van der Waals surface area contributed by atoms with Gasteiger partial charge in [-0.25, -0.2) is 18.0 Å². The predicted octanol–water partition coefficient (Wildman–Crippen LogP) is 10.9. The van der Waals surface area contributed by atoms with E-state index in [2.05, 4.69) is 102 Å². The summed E-state index contributed by atoms with van der Waals surface area (Å²) < 4.78 is 74.1. The fourth-order valence-corrected chi connectivity index (χ4v) is 17.8. The number of carbonyl (C=O) groups excluding carboxylic acids is 2. The predicted molar refractivity (Wildman–Crippen MR) is 299 cm³/mol. The molecule has 0 radical (unpaired) electrons. The Balaban J connectivity index is 0.927. The molecule has 76 heavy (non-hydrogen) atoms. The maximum absolute atomic E-state index is 14.2. The lowest BCUT2D eigenvalue weighted by Gasteiger charge is -2.43. The van der Waals surface area contributed by atoms with E-state index in [4.69, 9.17) is 32.8 Å². The van der Waals surface area contributed by atoms with E-state index >= 15 is 0 Å². The van der Waals surface area contributed by atoms with Crippen LogP contribution in [-0.2, 0) is 42.7 Å². The maximum Gasteiger partial charge on any atom is 0.338 e. The van der Waals surface area contributed by atoms with E-state index in [1.807, 2.05) is 0 Å². The van der Waals surface area contributed by atoms with Gasteiger partial charge in [0.25, 0.3) is 8.32 Å². The van der Waals surface area contributed by atoms with Crippen LogP contribution in [0.25, 0.3) is 0 Å². The van der Waals surface area contributed by atoms with Crippen LogP contribution in [0.4, 0.5) is 0 Å². The first kappa shape index (κ1) is 56.7. The van der Waals surface area contributed by atoms with Gasteiger partial charge in [0.1, 0.15) is 12.7 Å². The van der Waals surface area contributed by atoms with Crippen LogP contribution in [0.15, 0.2) is 181 Å². The molecule has 3 aliphatic rings. The van der Waals surface area contributed by atoms with Crippen molar-refractivity contribution in [3.8, 4) is 0 Å². The van der Waals surface area contributed by atoms with Gasteiger partial charge in [-0.15, -0.1) is 0 Å². The average Bonchev–Trinajstić information content (AvgIpc) is 3.99. The summed E-state index contributed by atoms with van der Waals surface area (Å²) >= 11 is 0. The van der Waals surface area contributed by atoms with Gasteiger partial charge in [0.2, 0.25) is 0 Å². The van der Waals surface area contributed by atoms with Crippen LogP contribution in [0, 0.1) is 11.8 Å². The molecule has 0 amide bonds. The minimum atomic E-state index is -3.83. The van der Waals surface area contributed by atoms with Crippen LogP contribution in [0.2, 0.25) is 5.04 Å². The zero-order valence-electron chi connectivity index (χ0n) is 44.8. The SMILES string of the molecule is C=C1C[C@H](CCCO[Si](c2ccccc2)(c2ccccc2)C(C)(C)C)O[C@H]1CC[C@H]1C[C@@H](C)C(=C)[C@@H](C[C@@H]2O[C@H](C[C@@H](COC(=O)c3ccccc3)OC(=O)c3ccccc3)[C@H](OC)[C@H]2CS(=O)(=O)c2ccccc2)O1. The van der Waals surface area contributed by atoms with Crippen LogP contribution < -0.4 is 10.4 Å². The second-order valence-corrected chi connectivity index (χ2v) is 28.1. The Labute approximate surface area is 452 Å². The van der Waals surface area contributed by atoms with E-state index in [1.54, 1.807) is 91.0 Å². The second kappa shape index (κ2) is 25.8. The van der Waals surface area contributed by atoms with Gasteiger partial charge in [-0.05, 0) is 107 Å². The summed E-state index contributed by atoms with van der Waals surface area (Å²) in [6, 6.07) is 47.0. The summed E-state index contributed by atoms with van der Waals surface area (Å²) in [4.78, 5) is 26.9. The number of hydrogen-bond acceptors (Lipinski definition) is 11. The van der Waals surface area contributed by atoms with Crippen LogP contribution in [-0.4, -0.2) is 104 Å². The third kappa shape index (κ3) is 13.8. The van der Waals surface area contributed by atoms with Crippen LogP contribution >= 0.6 is 0 Å². The minimum absolute atomic E-state index is 0.0571. The molecule has 0 spiro atoms. The van der Waals surface area contributed by atoms with E-state index in [-0.39, 0.29) is 52.9 Å². The highest BCUT2D eigenvalue weighted by atomic mass is 32.2. The molecule has 0 N–H and O–H groups in total. The number of hydrogen-bond donors (Lipinski definition) is 0. The second-order valence-electron chi connectivity index (χ2n) is 21.8. The molecular weight excluding hydrogens is 993 g/mol. The Morgan fingerprint density at radius 2 is 1.25 bits per heavy atom. The van der Waals surface area contributed by atoms with E-state index in [9.17, 15) is 18.0 Å². The Hall–Kier alpha value is -5.51. The molecular formula is C63H76O11SSi. The molecule has 0 aromatic heterocycles. The van der Waals surface area contributed by atoms with Crippen molar-refractivity contribution in [2.24, 2.45) is 11.8 Å². The number of esters is 2. The average molecular weight is 1070 g/mol. The number of methoxy groups -OCH3 is 1. The van der Waals surface area contributed by atoms with Gasteiger partial charge in [0.15, 0.2) is 9.84 Å². The van der Waals surface area contributed by atoms with E-state index < -0.39 is 66.5 Å². The third-order valence-corrected chi connectivity index (χ3v) is 22.4. The van der Waals surface area contributed by atoms with Crippen LogP contribution in [0.3, 0.4) is 0 Å². The monoisotopic (exact) mass is 1070 g/mol. The lowest BCUT2D eigenvalue weighted by Crippen LogP contribution is -2.66. The lowest BCUT2D eigenvalue weighted by molar-refractivity contribution is -0.0808. The number of benzene rings is 5. The molecule has 10 atom stereocenters. The highest BCUT2D eigenvalue weighted by Gasteiger charge is 2.51.